The van der Waals surface area contributed by atoms with Crippen molar-refractivity contribution in [1.82, 2.24) is 10.3 Å². The second kappa shape index (κ2) is 5.94. The molecule has 1 amide bonds. The number of thiazole rings is 1. The molecular weight excluding hydrogens is 306 g/mol. The number of hydrogen-bond donors (Lipinski definition) is 2. The fourth-order valence-corrected chi connectivity index (χ4v) is 3.24. The van der Waals surface area contributed by atoms with Gasteiger partial charge in [-0.25, -0.2) is 13.8 Å². The number of amides is 1. The van der Waals surface area contributed by atoms with Crippen molar-refractivity contribution in [3.63, 3.8) is 0 Å². The average Bonchev–Trinajstić information content (AvgIpc) is 3.05. The van der Waals surface area contributed by atoms with Gasteiger partial charge in [-0.05, 0) is 18.4 Å². The van der Waals surface area contributed by atoms with Gasteiger partial charge in [-0.15, -0.1) is 22.7 Å². The highest BCUT2D eigenvalue weighted by atomic mass is 32.1. The van der Waals surface area contributed by atoms with Crippen molar-refractivity contribution in [2.75, 3.05) is 13.2 Å². The minimum Gasteiger partial charge on any atom is -0.390 e. The number of aliphatic hydroxyl groups excluding tert-OH is 1. The molecule has 0 aromatic carbocycles. The third-order valence-corrected chi connectivity index (χ3v) is 4.67. The van der Waals surface area contributed by atoms with Gasteiger partial charge in [0, 0.05) is 0 Å². The van der Waals surface area contributed by atoms with E-state index in [4.69, 9.17) is 5.11 Å². The number of nitrogens with one attached hydrogen (secondary N) is 1. The molecule has 0 saturated heterocycles. The molecule has 20 heavy (non-hydrogen) atoms. The quantitative estimate of drug-likeness (QED) is 0.890. The fourth-order valence-electron chi connectivity index (χ4n) is 1.46. The van der Waals surface area contributed by atoms with Crippen LogP contribution in [0.15, 0.2) is 17.5 Å². The van der Waals surface area contributed by atoms with Gasteiger partial charge in [0.15, 0.2) is 0 Å². The Morgan fingerprint density at radius 1 is 1.55 bits per heavy atom. The summed E-state index contributed by atoms with van der Waals surface area (Å²) in [5, 5.41) is 13.2. The Hall–Kier alpha value is -1.38. The normalized spacial score (nSPS) is 11.6. The Morgan fingerprint density at radius 2 is 2.30 bits per heavy atom. The zero-order valence-electron chi connectivity index (χ0n) is 10.5. The van der Waals surface area contributed by atoms with Crippen LogP contribution in [-0.4, -0.2) is 35.1 Å². The summed E-state index contributed by atoms with van der Waals surface area (Å²) in [7, 11) is 0. The van der Waals surface area contributed by atoms with E-state index >= 15 is 0 Å². The number of halogens is 2. The lowest BCUT2D eigenvalue weighted by atomic mass is 10.3. The van der Waals surface area contributed by atoms with E-state index in [0.717, 1.165) is 16.2 Å². The molecule has 2 heterocycles. The predicted octanol–water partition coefficient (Wildman–Crippen LogP) is 2.54. The van der Waals surface area contributed by atoms with Crippen molar-refractivity contribution in [1.29, 1.82) is 0 Å². The Balaban J connectivity index is 2.11. The first-order chi connectivity index (χ1) is 9.43. The van der Waals surface area contributed by atoms with Crippen molar-refractivity contribution in [2.24, 2.45) is 0 Å². The monoisotopic (exact) mass is 318 g/mol. The van der Waals surface area contributed by atoms with Gasteiger partial charge in [0.1, 0.15) is 16.5 Å². The van der Waals surface area contributed by atoms with Gasteiger partial charge in [0.25, 0.3) is 11.8 Å². The standard InChI is InChI=1S/C12H12F2N2O2S2/c1-7-9(10(18)15-5-12(13,14)6-17)20-11(16-7)8-3-2-4-19-8/h2-4,17H,5-6H2,1H3,(H,15,18). The average molecular weight is 318 g/mol. The lowest BCUT2D eigenvalue weighted by Crippen LogP contribution is -2.38. The van der Waals surface area contributed by atoms with Crippen LogP contribution < -0.4 is 5.32 Å². The number of hydrogen-bond acceptors (Lipinski definition) is 5. The summed E-state index contributed by atoms with van der Waals surface area (Å²) in [5.41, 5.74) is 0.503. The first-order valence-electron chi connectivity index (χ1n) is 5.71. The minimum absolute atomic E-state index is 0.308. The van der Waals surface area contributed by atoms with Crippen molar-refractivity contribution in [2.45, 2.75) is 12.8 Å². The molecule has 0 saturated carbocycles. The molecule has 0 fully saturated rings. The number of carbonyl (C=O) groups is 1. The number of alkyl halides is 2. The Labute approximate surface area is 122 Å². The molecule has 4 nitrogen and oxygen atoms in total. The van der Waals surface area contributed by atoms with Gasteiger partial charge in [0.2, 0.25) is 0 Å². The largest absolute Gasteiger partial charge is 0.390 e. The molecule has 0 bridgehead atoms. The molecule has 0 aliphatic heterocycles. The lowest BCUT2D eigenvalue weighted by Gasteiger charge is -2.13. The summed E-state index contributed by atoms with van der Waals surface area (Å²) in [6, 6.07) is 3.75. The van der Waals surface area contributed by atoms with E-state index in [1.54, 1.807) is 6.92 Å². The molecule has 2 N–H and O–H groups in total. The van der Waals surface area contributed by atoms with E-state index in [1.165, 1.54) is 11.3 Å². The van der Waals surface area contributed by atoms with Gasteiger partial charge in [-0.1, -0.05) is 6.07 Å². The lowest BCUT2D eigenvalue weighted by molar-refractivity contribution is -0.0461. The van der Waals surface area contributed by atoms with Gasteiger partial charge in [-0.3, -0.25) is 4.79 Å². The maximum atomic E-state index is 12.9. The summed E-state index contributed by atoms with van der Waals surface area (Å²) in [6.07, 6.45) is 0. The number of rotatable bonds is 5. The van der Waals surface area contributed by atoms with Crippen molar-refractivity contribution >= 4 is 28.6 Å². The molecule has 2 aromatic heterocycles. The molecule has 2 rings (SSSR count). The zero-order chi connectivity index (χ0) is 14.8. The highest BCUT2D eigenvalue weighted by molar-refractivity contribution is 7.22. The molecule has 0 spiro atoms. The van der Waals surface area contributed by atoms with Crippen LogP contribution in [0.5, 0.6) is 0 Å². The molecule has 2 aromatic rings. The minimum atomic E-state index is -3.31. The summed E-state index contributed by atoms with van der Waals surface area (Å²) < 4.78 is 25.8. The molecule has 0 atom stereocenters. The molecule has 108 valence electrons. The predicted molar refractivity (Wildman–Crippen MR) is 74.5 cm³/mol. The highest BCUT2D eigenvalue weighted by Gasteiger charge is 2.29. The smallest absolute Gasteiger partial charge is 0.287 e. The number of aromatic nitrogens is 1. The molecule has 8 heteroatoms. The van der Waals surface area contributed by atoms with Crippen LogP contribution in [-0.2, 0) is 0 Å². The third-order valence-electron chi connectivity index (χ3n) is 2.47. The van der Waals surface area contributed by atoms with E-state index < -0.39 is 25.0 Å². The molecular formula is C12H12F2N2O2S2. The highest BCUT2D eigenvalue weighted by Crippen LogP contribution is 2.31. The third kappa shape index (κ3) is 3.38. The Bertz CT molecular complexity index is 597. The zero-order valence-corrected chi connectivity index (χ0v) is 12.2. The van der Waals surface area contributed by atoms with Gasteiger partial charge < -0.3 is 10.4 Å². The first-order valence-corrected chi connectivity index (χ1v) is 7.41. The van der Waals surface area contributed by atoms with Crippen LogP contribution in [0, 0.1) is 6.92 Å². The second-order valence-corrected chi connectivity index (χ2v) is 6.05. The topological polar surface area (TPSA) is 62.2 Å². The number of aryl methyl sites for hydroxylation is 1. The maximum absolute atomic E-state index is 12.9. The van der Waals surface area contributed by atoms with Gasteiger partial charge >= 0.3 is 0 Å². The van der Waals surface area contributed by atoms with Crippen LogP contribution in [0.25, 0.3) is 9.88 Å². The summed E-state index contributed by atoms with van der Waals surface area (Å²) >= 11 is 2.66. The van der Waals surface area contributed by atoms with Crippen LogP contribution >= 0.6 is 22.7 Å². The van der Waals surface area contributed by atoms with Crippen LogP contribution in [0.3, 0.4) is 0 Å². The van der Waals surface area contributed by atoms with Crippen molar-refractivity contribution in [3.05, 3.63) is 28.1 Å². The number of aliphatic hydroxyl groups is 1. The van der Waals surface area contributed by atoms with E-state index in [9.17, 15) is 13.6 Å². The van der Waals surface area contributed by atoms with Crippen LogP contribution in [0.4, 0.5) is 8.78 Å². The molecule has 0 aliphatic rings. The van der Waals surface area contributed by atoms with Gasteiger partial charge in [-0.2, -0.15) is 0 Å². The van der Waals surface area contributed by atoms with Crippen LogP contribution in [0.2, 0.25) is 0 Å². The SMILES string of the molecule is Cc1nc(-c2cccs2)sc1C(=O)NCC(F)(F)CO. The van der Waals surface area contributed by atoms with Gasteiger partial charge in [0.05, 0.1) is 17.1 Å². The number of nitrogens with zero attached hydrogens (tertiary/aromatic N) is 1. The van der Waals surface area contributed by atoms with Crippen molar-refractivity contribution < 1.29 is 18.7 Å². The second-order valence-electron chi connectivity index (χ2n) is 4.11. The van der Waals surface area contributed by atoms with Crippen molar-refractivity contribution in [3.8, 4) is 9.88 Å². The van der Waals surface area contributed by atoms with E-state index in [0.29, 0.717) is 15.6 Å². The van der Waals surface area contributed by atoms with E-state index in [2.05, 4.69) is 10.3 Å². The number of carbonyl (C=O) groups excluding carboxylic acids is 1. The van der Waals surface area contributed by atoms with Crippen LogP contribution in [0.1, 0.15) is 15.4 Å². The van der Waals surface area contributed by atoms with E-state index in [-0.39, 0.29) is 0 Å². The first kappa shape index (κ1) is 15.0. The van der Waals surface area contributed by atoms with E-state index in [1.807, 2.05) is 17.5 Å². The Morgan fingerprint density at radius 3 is 2.90 bits per heavy atom. The maximum Gasteiger partial charge on any atom is 0.287 e. The fraction of sp³-hybridized carbons (Fsp3) is 0.333. The summed E-state index contributed by atoms with van der Waals surface area (Å²) in [6.45, 7) is -0.532. The molecule has 0 radical (unpaired) electrons. The Kier molecular flexibility index (Phi) is 4.46. The molecule has 0 unspecified atom stereocenters. The summed E-state index contributed by atoms with van der Waals surface area (Å²) in [5.74, 6) is -3.92. The number of thiophene rings is 1. The summed E-state index contributed by atoms with van der Waals surface area (Å²) in [4.78, 5) is 17.4. The molecule has 0 aliphatic carbocycles.